The predicted octanol–water partition coefficient (Wildman–Crippen LogP) is 2.20. The van der Waals surface area contributed by atoms with Crippen molar-refractivity contribution >= 4 is 11.9 Å². The zero-order valence-corrected chi connectivity index (χ0v) is 10.0. The summed E-state index contributed by atoms with van der Waals surface area (Å²) in [4.78, 5) is 22.6. The van der Waals surface area contributed by atoms with Gasteiger partial charge in [-0.15, -0.1) is 0 Å². The van der Waals surface area contributed by atoms with Crippen LogP contribution in [0.5, 0.6) is 0 Å². The van der Waals surface area contributed by atoms with Gasteiger partial charge in [-0.05, 0) is 32.6 Å². The van der Waals surface area contributed by atoms with Crippen LogP contribution in [0.25, 0.3) is 0 Å². The van der Waals surface area contributed by atoms with Crippen LogP contribution in [-0.2, 0) is 19.1 Å². The highest BCUT2D eigenvalue weighted by molar-refractivity contribution is 5.79. The van der Waals surface area contributed by atoms with Crippen LogP contribution in [0.2, 0.25) is 0 Å². The number of hydrogen-bond donors (Lipinski definition) is 0. The van der Waals surface area contributed by atoms with E-state index in [9.17, 15) is 9.59 Å². The number of hydrogen-bond acceptors (Lipinski definition) is 4. The smallest absolute Gasteiger partial charge is 0.347 e. The molecule has 16 heavy (non-hydrogen) atoms. The third-order valence-corrected chi connectivity index (χ3v) is 2.76. The standard InChI is InChI=1S/C12H20O4/c1-3-11(13)15-9(2)12(14)16-10-7-5-4-6-8-10/h9-10H,3-8H2,1-2H3. The van der Waals surface area contributed by atoms with Gasteiger partial charge in [0.05, 0.1) is 0 Å². The van der Waals surface area contributed by atoms with E-state index in [1.165, 1.54) is 6.42 Å². The monoisotopic (exact) mass is 228 g/mol. The van der Waals surface area contributed by atoms with Gasteiger partial charge >= 0.3 is 11.9 Å². The first-order valence-electron chi connectivity index (χ1n) is 6.03. The second-order valence-electron chi connectivity index (χ2n) is 4.18. The van der Waals surface area contributed by atoms with Gasteiger partial charge < -0.3 is 9.47 Å². The fourth-order valence-electron chi connectivity index (χ4n) is 1.77. The van der Waals surface area contributed by atoms with Gasteiger partial charge in [0.2, 0.25) is 0 Å². The molecule has 1 aliphatic carbocycles. The van der Waals surface area contributed by atoms with Crippen molar-refractivity contribution in [2.45, 2.75) is 64.6 Å². The highest BCUT2D eigenvalue weighted by Crippen LogP contribution is 2.20. The first kappa shape index (κ1) is 13.0. The third-order valence-electron chi connectivity index (χ3n) is 2.76. The molecule has 1 rings (SSSR count). The minimum atomic E-state index is -0.783. The molecular weight excluding hydrogens is 208 g/mol. The first-order valence-corrected chi connectivity index (χ1v) is 6.03. The maximum absolute atomic E-state index is 11.6. The highest BCUT2D eigenvalue weighted by Gasteiger charge is 2.23. The van der Waals surface area contributed by atoms with Crippen molar-refractivity contribution in [3.05, 3.63) is 0 Å². The van der Waals surface area contributed by atoms with Gasteiger partial charge in [-0.3, -0.25) is 4.79 Å². The Bertz CT molecular complexity index is 243. The number of carbonyl (C=O) groups is 2. The highest BCUT2D eigenvalue weighted by atomic mass is 16.6. The Morgan fingerprint density at radius 1 is 1.25 bits per heavy atom. The zero-order chi connectivity index (χ0) is 12.0. The van der Waals surface area contributed by atoms with Crippen molar-refractivity contribution in [2.75, 3.05) is 0 Å². The number of rotatable bonds is 4. The molecule has 0 bridgehead atoms. The maximum Gasteiger partial charge on any atom is 0.347 e. The Morgan fingerprint density at radius 2 is 1.88 bits per heavy atom. The quantitative estimate of drug-likeness (QED) is 0.692. The summed E-state index contributed by atoms with van der Waals surface area (Å²) in [5.41, 5.74) is 0. The average molecular weight is 228 g/mol. The Morgan fingerprint density at radius 3 is 2.44 bits per heavy atom. The van der Waals surface area contributed by atoms with Crippen molar-refractivity contribution in [3.8, 4) is 0 Å². The Kier molecular flexibility index (Phi) is 5.29. The fourth-order valence-corrected chi connectivity index (χ4v) is 1.77. The summed E-state index contributed by atoms with van der Waals surface area (Å²) >= 11 is 0. The molecule has 1 saturated carbocycles. The van der Waals surface area contributed by atoms with Crippen LogP contribution >= 0.6 is 0 Å². The summed E-state index contributed by atoms with van der Waals surface area (Å²) in [6, 6.07) is 0. The van der Waals surface area contributed by atoms with Crippen LogP contribution in [-0.4, -0.2) is 24.1 Å². The maximum atomic E-state index is 11.6. The second-order valence-corrected chi connectivity index (χ2v) is 4.18. The molecule has 1 fully saturated rings. The van der Waals surface area contributed by atoms with E-state index in [4.69, 9.17) is 9.47 Å². The lowest BCUT2D eigenvalue weighted by molar-refractivity contribution is -0.171. The van der Waals surface area contributed by atoms with Crippen LogP contribution in [0.3, 0.4) is 0 Å². The lowest BCUT2D eigenvalue weighted by atomic mass is 9.98. The lowest BCUT2D eigenvalue weighted by Crippen LogP contribution is -2.30. The Balaban J connectivity index is 2.29. The second kappa shape index (κ2) is 6.51. The molecule has 4 nitrogen and oxygen atoms in total. The van der Waals surface area contributed by atoms with Crippen molar-refractivity contribution < 1.29 is 19.1 Å². The number of ether oxygens (including phenoxy) is 2. The molecule has 4 heteroatoms. The van der Waals surface area contributed by atoms with Gasteiger partial charge in [-0.2, -0.15) is 0 Å². The summed E-state index contributed by atoms with van der Waals surface area (Å²) < 4.78 is 10.2. The summed E-state index contributed by atoms with van der Waals surface area (Å²) in [6.45, 7) is 3.25. The molecule has 0 radical (unpaired) electrons. The summed E-state index contributed by atoms with van der Waals surface area (Å²) in [5, 5.41) is 0. The largest absolute Gasteiger partial charge is 0.460 e. The van der Waals surface area contributed by atoms with E-state index in [0.717, 1.165) is 25.7 Å². The summed E-state index contributed by atoms with van der Waals surface area (Å²) in [6.07, 6.45) is 4.82. The molecule has 0 saturated heterocycles. The van der Waals surface area contributed by atoms with E-state index >= 15 is 0 Å². The summed E-state index contributed by atoms with van der Waals surface area (Å²) in [5.74, 6) is -0.790. The average Bonchev–Trinajstić information content (AvgIpc) is 2.30. The molecule has 0 N–H and O–H groups in total. The number of esters is 2. The van der Waals surface area contributed by atoms with Crippen molar-refractivity contribution in [2.24, 2.45) is 0 Å². The van der Waals surface area contributed by atoms with E-state index < -0.39 is 12.1 Å². The third kappa shape index (κ3) is 4.21. The Hall–Kier alpha value is -1.06. The molecule has 0 heterocycles. The molecule has 1 unspecified atom stereocenters. The molecule has 0 amide bonds. The fraction of sp³-hybridized carbons (Fsp3) is 0.833. The molecular formula is C12H20O4. The molecule has 0 aromatic carbocycles. The summed E-state index contributed by atoms with van der Waals surface area (Å²) in [7, 11) is 0. The van der Waals surface area contributed by atoms with Crippen LogP contribution in [0, 0.1) is 0 Å². The van der Waals surface area contributed by atoms with E-state index in [0.29, 0.717) is 0 Å². The van der Waals surface area contributed by atoms with E-state index in [2.05, 4.69) is 0 Å². The molecule has 0 spiro atoms. The molecule has 0 aromatic heterocycles. The molecule has 92 valence electrons. The minimum Gasteiger partial charge on any atom is -0.460 e. The molecule has 0 aliphatic heterocycles. The predicted molar refractivity (Wildman–Crippen MR) is 58.8 cm³/mol. The zero-order valence-electron chi connectivity index (χ0n) is 10.0. The normalized spacial score (nSPS) is 18.9. The van der Waals surface area contributed by atoms with Gasteiger partial charge in [0.15, 0.2) is 6.10 Å². The van der Waals surface area contributed by atoms with Crippen molar-refractivity contribution in [1.82, 2.24) is 0 Å². The van der Waals surface area contributed by atoms with E-state index in [-0.39, 0.29) is 18.5 Å². The van der Waals surface area contributed by atoms with Gasteiger partial charge in [0.25, 0.3) is 0 Å². The molecule has 0 aromatic rings. The van der Waals surface area contributed by atoms with Gasteiger partial charge in [-0.25, -0.2) is 4.79 Å². The van der Waals surface area contributed by atoms with Gasteiger partial charge in [-0.1, -0.05) is 13.3 Å². The number of carbonyl (C=O) groups excluding carboxylic acids is 2. The van der Waals surface area contributed by atoms with Gasteiger partial charge in [0.1, 0.15) is 6.10 Å². The SMILES string of the molecule is CCC(=O)OC(C)C(=O)OC1CCCCC1. The van der Waals surface area contributed by atoms with Crippen molar-refractivity contribution in [1.29, 1.82) is 0 Å². The first-order chi connectivity index (χ1) is 7.63. The van der Waals surface area contributed by atoms with Crippen LogP contribution < -0.4 is 0 Å². The van der Waals surface area contributed by atoms with E-state index in [1.54, 1.807) is 13.8 Å². The topological polar surface area (TPSA) is 52.6 Å². The Labute approximate surface area is 96.3 Å². The van der Waals surface area contributed by atoms with Crippen molar-refractivity contribution in [3.63, 3.8) is 0 Å². The van der Waals surface area contributed by atoms with Crippen LogP contribution in [0.1, 0.15) is 52.4 Å². The van der Waals surface area contributed by atoms with Crippen LogP contribution in [0.15, 0.2) is 0 Å². The minimum absolute atomic E-state index is 0.0176. The van der Waals surface area contributed by atoms with E-state index in [1.807, 2.05) is 0 Å². The molecule has 1 aliphatic rings. The van der Waals surface area contributed by atoms with Crippen LogP contribution in [0.4, 0.5) is 0 Å². The molecule has 1 atom stereocenters. The van der Waals surface area contributed by atoms with Gasteiger partial charge in [0, 0.05) is 6.42 Å². The lowest BCUT2D eigenvalue weighted by Gasteiger charge is -2.23.